The maximum atomic E-state index is 12.0. The van der Waals surface area contributed by atoms with Gasteiger partial charge in [-0.05, 0) is 38.7 Å². The number of ether oxygens (including phenoxy) is 1. The second-order valence-electron chi connectivity index (χ2n) is 5.21. The van der Waals surface area contributed by atoms with Gasteiger partial charge in [-0.25, -0.2) is 13.2 Å². The minimum atomic E-state index is -3.60. The lowest BCUT2D eigenvalue weighted by Crippen LogP contribution is -2.22. The number of sulfonamides is 1. The summed E-state index contributed by atoms with van der Waals surface area (Å²) in [6.07, 6.45) is 2.40. The number of nitrogens with one attached hydrogen (secondary N) is 1. The zero-order valence-electron chi connectivity index (χ0n) is 12.0. The van der Waals surface area contributed by atoms with E-state index in [1.54, 1.807) is 0 Å². The lowest BCUT2D eigenvalue weighted by atomic mass is 10.1. The first kappa shape index (κ1) is 16.3. The number of carboxylic acids is 1. The molecule has 1 aliphatic carbocycles. The first-order chi connectivity index (χ1) is 9.80. The van der Waals surface area contributed by atoms with Crippen LogP contribution in [0.1, 0.15) is 41.1 Å². The maximum Gasteiger partial charge on any atom is 0.339 e. The van der Waals surface area contributed by atoms with Crippen molar-refractivity contribution in [2.75, 3.05) is 17.1 Å². The summed E-state index contributed by atoms with van der Waals surface area (Å²) in [6.45, 7) is 3.74. The van der Waals surface area contributed by atoms with Crippen molar-refractivity contribution in [3.8, 4) is 0 Å². The van der Waals surface area contributed by atoms with Gasteiger partial charge in [0.1, 0.15) is 5.00 Å². The van der Waals surface area contributed by atoms with Gasteiger partial charge in [-0.2, -0.15) is 0 Å². The number of thiophene rings is 1. The van der Waals surface area contributed by atoms with Gasteiger partial charge in [0, 0.05) is 4.88 Å². The number of hydrogen-bond acceptors (Lipinski definition) is 5. The van der Waals surface area contributed by atoms with Crippen LogP contribution >= 0.6 is 11.3 Å². The summed E-state index contributed by atoms with van der Waals surface area (Å²) in [5, 5.41) is 9.53. The average Bonchev–Trinajstić information content (AvgIpc) is 2.86. The first-order valence-corrected chi connectivity index (χ1v) is 9.27. The van der Waals surface area contributed by atoms with E-state index in [9.17, 15) is 18.3 Å². The van der Waals surface area contributed by atoms with Crippen LogP contribution in [0.3, 0.4) is 0 Å². The van der Waals surface area contributed by atoms with Gasteiger partial charge in [0.15, 0.2) is 0 Å². The predicted octanol–water partition coefficient (Wildman–Crippen LogP) is 2.10. The molecule has 0 amide bonds. The molecule has 1 aromatic heterocycles. The predicted molar refractivity (Wildman–Crippen MR) is 81.8 cm³/mol. The Kier molecular flexibility index (Phi) is 4.90. The molecule has 2 rings (SSSR count). The maximum absolute atomic E-state index is 12.0. The van der Waals surface area contributed by atoms with Crippen molar-refractivity contribution in [3.63, 3.8) is 0 Å². The molecule has 1 aliphatic rings. The summed E-state index contributed by atoms with van der Waals surface area (Å²) in [6, 6.07) is 0. The first-order valence-electron chi connectivity index (χ1n) is 6.80. The van der Waals surface area contributed by atoms with Gasteiger partial charge in [0.2, 0.25) is 10.0 Å². The van der Waals surface area contributed by atoms with Crippen LogP contribution in [0.2, 0.25) is 0 Å². The molecule has 0 saturated carbocycles. The number of anilines is 1. The Balaban J connectivity index is 2.14. The fourth-order valence-corrected chi connectivity index (χ4v) is 4.77. The Morgan fingerprint density at radius 1 is 1.43 bits per heavy atom. The van der Waals surface area contributed by atoms with Crippen LogP contribution in [0.15, 0.2) is 0 Å². The van der Waals surface area contributed by atoms with Gasteiger partial charge >= 0.3 is 5.97 Å². The lowest BCUT2D eigenvalue weighted by Gasteiger charge is -2.10. The SMILES string of the molecule is CC(C)OCCS(=O)(=O)Nc1sc2c(c1C(=O)O)CCC2. The standard InChI is InChI=1S/C13H19NO5S2/c1-8(2)19-6-7-21(17,18)14-12-11(13(15)16)9-4-3-5-10(9)20-12/h8,14H,3-7H2,1-2H3,(H,15,16). The van der Waals surface area contributed by atoms with E-state index in [0.717, 1.165) is 23.3 Å². The number of aryl methyl sites for hydroxylation is 1. The fraction of sp³-hybridized carbons (Fsp3) is 0.615. The van der Waals surface area contributed by atoms with Gasteiger partial charge in [0.25, 0.3) is 0 Å². The molecule has 0 radical (unpaired) electrons. The molecule has 1 aromatic rings. The summed E-state index contributed by atoms with van der Waals surface area (Å²) in [4.78, 5) is 12.4. The van der Waals surface area contributed by atoms with Gasteiger partial charge < -0.3 is 9.84 Å². The van der Waals surface area contributed by atoms with E-state index in [2.05, 4.69) is 4.72 Å². The highest BCUT2D eigenvalue weighted by atomic mass is 32.2. The summed E-state index contributed by atoms with van der Waals surface area (Å²) >= 11 is 1.23. The average molecular weight is 333 g/mol. The molecule has 21 heavy (non-hydrogen) atoms. The number of carboxylic acid groups (broad SMARTS) is 1. The summed E-state index contributed by atoms with van der Waals surface area (Å²) < 4.78 is 31.6. The molecule has 0 fully saturated rings. The number of carbonyl (C=O) groups is 1. The molecule has 0 unspecified atom stereocenters. The highest BCUT2D eigenvalue weighted by Gasteiger charge is 2.28. The van der Waals surface area contributed by atoms with E-state index < -0.39 is 16.0 Å². The molecule has 0 atom stereocenters. The molecular formula is C13H19NO5S2. The number of aromatic carboxylic acids is 1. The molecule has 0 aromatic carbocycles. The zero-order chi connectivity index (χ0) is 15.6. The van der Waals surface area contributed by atoms with Crippen LogP contribution in [0.5, 0.6) is 0 Å². The number of hydrogen-bond donors (Lipinski definition) is 2. The molecule has 118 valence electrons. The van der Waals surface area contributed by atoms with Crippen LogP contribution in [0.25, 0.3) is 0 Å². The Labute approximate surface area is 128 Å². The molecule has 0 aliphatic heterocycles. The number of fused-ring (bicyclic) bond motifs is 1. The minimum absolute atomic E-state index is 0.0414. The quantitative estimate of drug-likeness (QED) is 0.797. The van der Waals surface area contributed by atoms with Crippen molar-refractivity contribution in [1.82, 2.24) is 0 Å². The van der Waals surface area contributed by atoms with E-state index >= 15 is 0 Å². The van der Waals surface area contributed by atoms with E-state index in [-0.39, 0.29) is 29.0 Å². The number of rotatable bonds is 7. The summed E-state index contributed by atoms with van der Waals surface area (Å²) in [5.41, 5.74) is 0.893. The Morgan fingerprint density at radius 3 is 2.76 bits per heavy atom. The molecule has 0 spiro atoms. The van der Waals surface area contributed by atoms with Crippen molar-refractivity contribution in [2.24, 2.45) is 0 Å². The Morgan fingerprint density at radius 2 is 2.14 bits per heavy atom. The van der Waals surface area contributed by atoms with E-state index in [1.165, 1.54) is 11.3 Å². The largest absolute Gasteiger partial charge is 0.478 e. The monoisotopic (exact) mass is 333 g/mol. The smallest absolute Gasteiger partial charge is 0.339 e. The zero-order valence-corrected chi connectivity index (χ0v) is 13.6. The van der Waals surface area contributed by atoms with Gasteiger partial charge in [-0.15, -0.1) is 11.3 Å². The van der Waals surface area contributed by atoms with Crippen LogP contribution < -0.4 is 4.72 Å². The van der Waals surface area contributed by atoms with Crippen LogP contribution in [-0.2, 0) is 27.6 Å². The normalized spacial score (nSPS) is 14.4. The summed E-state index contributed by atoms with van der Waals surface area (Å²) in [7, 11) is -3.60. The Hall–Kier alpha value is -1.12. The third-order valence-electron chi connectivity index (χ3n) is 3.19. The van der Waals surface area contributed by atoms with E-state index in [1.807, 2.05) is 13.8 Å². The minimum Gasteiger partial charge on any atom is -0.478 e. The van der Waals surface area contributed by atoms with Crippen molar-refractivity contribution in [3.05, 3.63) is 16.0 Å². The van der Waals surface area contributed by atoms with E-state index in [4.69, 9.17) is 4.74 Å². The van der Waals surface area contributed by atoms with Crippen molar-refractivity contribution in [1.29, 1.82) is 0 Å². The van der Waals surface area contributed by atoms with Gasteiger partial charge in [0.05, 0.1) is 24.0 Å². The van der Waals surface area contributed by atoms with E-state index in [0.29, 0.717) is 6.42 Å². The highest BCUT2D eigenvalue weighted by molar-refractivity contribution is 7.92. The molecular weight excluding hydrogens is 314 g/mol. The van der Waals surface area contributed by atoms with Crippen molar-refractivity contribution < 1.29 is 23.1 Å². The fourth-order valence-electron chi connectivity index (χ4n) is 2.29. The molecule has 6 nitrogen and oxygen atoms in total. The van der Waals surface area contributed by atoms with Gasteiger partial charge in [-0.1, -0.05) is 0 Å². The van der Waals surface area contributed by atoms with Crippen molar-refractivity contribution >= 4 is 32.3 Å². The second kappa shape index (κ2) is 6.33. The summed E-state index contributed by atoms with van der Waals surface area (Å²) in [5.74, 6) is -1.27. The molecule has 0 bridgehead atoms. The molecule has 0 saturated heterocycles. The van der Waals surface area contributed by atoms with Crippen LogP contribution in [0, 0.1) is 0 Å². The molecule has 8 heteroatoms. The second-order valence-corrected chi connectivity index (χ2v) is 8.15. The third kappa shape index (κ3) is 3.96. The molecule has 1 heterocycles. The third-order valence-corrected chi connectivity index (χ3v) is 5.74. The lowest BCUT2D eigenvalue weighted by molar-refractivity contribution is 0.0697. The van der Waals surface area contributed by atoms with Crippen LogP contribution in [-0.4, -0.2) is 38.0 Å². The highest BCUT2D eigenvalue weighted by Crippen LogP contribution is 2.39. The van der Waals surface area contributed by atoms with Crippen LogP contribution in [0.4, 0.5) is 5.00 Å². The van der Waals surface area contributed by atoms with Gasteiger partial charge in [-0.3, -0.25) is 4.72 Å². The Bertz CT molecular complexity index is 633. The topological polar surface area (TPSA) is 92.7 Å². The molecule has 2 N–H and O–H groups in total. The van der Waals surface area contributed by atoms with Crippen molar-refractivity contribution in [2.45, 2.75) is 39.2 Å².